The number of carboxylic acids is 1. The van der Waals surface area contributed by atoms with Crippen molar-refractivity contribution in [3.05, 3.63) is 32.9 Å². The van der Waals surface area contributed by atoms with E-state index in [9.17, 15) is 24.3 Å². The summed E-state index contributed by atoms with van der Waals surface area (Å²) in [6.45, 7) is 1.92. The number of hydrogen-bond acceptors (Lipinski definition) is 13. The van der Waals surface area contributed by atoms with Gasteiger partial charge in [-0.1, -0.05) is 5.16 Å². The molecule has 0 bridgehead atoms. The summed E-state index contributed by atoms with van der Waals surface area (Å²) in [5.74, 6) is -3.10. The maximum Gasteiger partial charge on any atom is 0.336 e. The molecule has 2 aromatic heterocycles. The molecule has 4 rings (SSSR count). The fourth-order valence-electron chi connectivity index (χ4n) is 4.14. The topological polar surface area (TPSA) is 200 Å². The lowest BCUT2D eigenvalue weighted by Gasteiger charge is -2.50. The van der Waals surface area contributed by atoms with Gasteiger partial charge in [0.05, 0.1) is 25.8 Å². The molecule has 3 amide bonds. The minimum atomic E-state index is -1.50. The molecule has 2 atom stereocenters. The molecule has 2 aromatic rings. The molecule has 5 N–H and O–H groups in total. The van der Waals surface area contributed by atoms with Gasteiger partial charge in [0.25, 0.3) is 17.7 Å². The molecule has 0 spiro atoms. The van der Waals surface area contributed by atoms with Crippen molar-refractivity contribution in [2.45, 2.75) is 18.3 Å². The first-order valence-electron chi connectivity index (χ1n) is 11.0. The summed E-state index contributed by atoms with van der Waals surface area (Å²) in [4.78, 5) is 61.9. The van der Waals surface area contributed by atoms with Crippen molar-refractivity contribution in [1.29, 1.82) is 0 Å². The molecule has 14 nitrogen and oxygen atoms in total. The van der Waals surface area contributed by atoms with E-state index in [-0.39, 0.29) is 34.5 Å². The summed E-state index contributed by atoms with van der Waals surface area (Å²) in [6.07, 6.45) is 0. The Balaban J connectivity index is 1.54. The molecule has 2 aliphatic heterocycles. The molecule has 202 valence electrons. The third-order valence-corrected chi connectivity index (χ3v) is 9.46. The third-order valence-electron chi connectivity index (χ3n) is 5.98. The van der Waals surface area contributed by atoms with Gasteiger partial charge in [-0.2, -0.15) is 0 Å². The number of rotatable bonds is 9. The van der Waals surface area contributed by atoms with E-state index < -0.39 is 35.1 Å². The maximum atomic E-state index is 13.0. The first kappa shape index (κ1) is 27.3. The highest BCUT2D eigenvalue weighted by atomic mass is 32.2. The number of β-lactam (4-membered cyclic amide) rings is 1. The molecule has 38 heavy (non-hydrogen) atoms. The van der Waals surface area contributed by atoms with Gasteiger partial charge in [0.2, 0.25) is 0 Å². The highest BCUT2D eigenvalue weighted by Crippen LogP contribution is 2.40. The zero-order valence-electron chi connectivity index (χ0n) is 20.7. The van der Waals surface area contributed by atoms with Gasteiger partial charge >= 0.3 is 5.13 Å². The normalized spacial score (nSPS) is 19.1. The van der Waals surface area contributed by atoms with Gasteiger partial charge in [0.15, 0.2) is 10.8 Å². The molecular formula is C21H24N8O6S3. The summed E-state index contributed by atoms with van der Waals surface area (Å²) in [6, 6.07) is -0.991. The molecule has 2 aliphatic rings. The quantitative estimate of drug-likeness (QED) is 0.128. The summed E-state index contributed by atoms with van der Waals surface area (Å²) >= 11 is 3.61. The van der Waals surface area contributed by atoms with Crippen molar-refractivity contribution in [1.82, 2.24) is 15.2 Å². The van der Waals surface area contributed by atoms with Crippen molar-refractivity contribution in [2.75, 3.05) is 37.1 Å². The van der Waals surface area contributed by atoms with E-state index in [0.29, 0.717) is 21.3 Å². The van der Waals surface area contributed by atoms with Crippen molar-refractivity contribution < 1.29 is 33.7 Å². The number of likely N-dealkylation sites (N-methyl/N-ethyl adjacent to an activating group) is 1. The molecule has 1 fully saturated rings. The number of hydrogen-bond donors (Lipinski definition) is 3. The van der Waals surface area contributed by atoms with Crippen LogP contribution in [0.15, 0.2) is 21.8 Å². The number of carbonyl (C=O) groups excluding carboxylic acids is 4. The Labute approximate surface area is 228 Å². The number of nitrogen functional groups attached to an aromatic ring is 1. The molecule has 0 unspecified atom stereocenters. The van der Waals surface area contributed by atoms with Crippen molar-refractivity contribution in [3.8, 4) is 0 Å². The van der Waals surface area contributed by atoms with E-state index in [1.54, 1.807) is 30.5 Å². The number of nitrogens with zero attached hydrogens (tertiary/aromatic N) is 5. The maximum absolute atomic E-state index is 13.0. The van der Waals surface area contributed by atoms with E-state index in [4.69, 9.17) is 16.3 Å². The average Bonchev–Trinajstić information content (AvgIpc) is 3.42. The second-order valence-electron chi connectivity index (χ2n) is 8.37. The monoisotopic (exact) mass is 580 g/mol. The minimum absolute atomic E-state index is 0.158. The van der Waals surface area contributed by atoms with Crippen molar-refractivity contribution >= 4 is 74.1 Å². The molecule has 17 heteroatoms. The first-order chi connectivity index (χ1) is 18.0. The van der Waals surface area contributed by atoms with Gasteiger partial charge in [-0.3, -0.25) is 24.2 Å². The number of carboxylic acid groups (broad SMARTS) is 1. The number of nitrogens with one attached hydrogen (secondary N) is 1. The predicted molar refractivity (Wildman–Crippen MR) is 139 cm³/mol. The standard InChI is InChI=1S/C21H24N8O6S3/c1-8-14(15(22)30)38-21(28(8)3)27(2)5-9-6-36-18-12(17(32)29(18)13(9)19(33)34)25-16(31)11(26-35-4)10-7-37-20(23)24-10/h7,12,18H,5-6H2,1-4H3,(H5-,22,23,24,25,30,31,33,34)/b26-11+/t12-,18-/m1/s1. The number of nitrogens with two attached hydrogens (primary N) is 2. The Morgan fingerprint density at radius 3 is 2.68 bits per heavy atom. The van der Waals surface area contributed by atoms with Gasteiger partial charge in [-0.25, -0.2) is 9.55 Å². The number of thiazole rings is 2. The predicted octanol–water partition coefficient (Wildman–Crippen LogP) is -2.09. The van der Waals surface area contributed by atoms with Crippen LogP contribution in [0.2, 0.25) is 0 Å². The molecular weight excluding hydrogens is 556 g/mol. The second kappa shape index (κ2) is 10.6. The van der Waals surface area contributed by atoms with E-state index >= 15 is 0 Å². The van der Waals surface area contributed by atoms with E-state index in [1.807, 2.05) is 0 Å². The summed E-state index contributed by atoms with van der Waals surface area (Å²) in [5.41, 5.74) is 12.0. The summed E-state index contributed by atoms with van der Waals surface area (Å²) < 4.78 is 1.79. The lowest BCUT2D eigenvalue weighted by atomic mass is 10.0. The number of oxime groups is 1. The number of aromatic nitrogens is 2. The molecule has 0 saturated carbocycles. The Kier molecular flexibility index (Phi) is 7.61. The Morgan fingerprint density at radius 2 is 2.13 bits per heavy atom. The van der Waals surface area contributed by atoms with Crippen LogP contribution in [0.5, 0.6) is 0 Å². The molecule has 0 aromatic carbocycles. The first-order valence-corrected chi connectivity index (χ1v) is 13.7. The van der Waals surface area contributed by atoms with Crippen LogP contribution in [-0.2, 0) is 26.3 Å². The molecule has 0 radical (unpaired) electrons. The SMILES string of the molecule is CO/N=C(/C(=O)N[C@@H]1C(=O)N2C(C(=O)[O-])=C(CN(C)c3sc(C(N)=O)c(C)[n+]3C)CS[C@H]12)c1csc(N)n1. The van der Waals surface area contributed by atoms with Crippen LogP contribution in [0.4, 0.5) is 10.3 Å². The lowest BCUT2D eigenvalue weighted by Crippen LogP contribution is -2.71. The van der Waals surface area contributed by atoms with Crippen LogP contribution in [0.3, 0.4) is 0 Å². The van der Waals surface area contributed by atoms with Crippen molar-refractivity contribution in [2.24, 2.45) is 17.9 Å². The Hall–Kier alpha value is -3.70. The Morgan fingerprint density at radius 1 is 1.42 bits per heavy atom. The highest BCUT2D eigenvalue weighted by molar-refractivity contribution is 8.00. The number of amides is 3. The smallest absolute Gasteiger partial charge is 0.336 e. The van der Waals surface area contributed by atoms with Crippen LogP contribution in [0.25, 0.3) is 0 Å². The molecule has 0 aliphatic carbocycles. The zero-order valence-corrected chi connectivity index (χ0v) is 23.2. The van der Waals surface area contributed by atoms with E-state index in [0.717, 1.165) is 16.2 Å². The fraction of sp³-hybridized carbons (Fsp3) is 0.381. The second-order valence-corrected chi connectivity index (χ2v) is 11.3. The number of fused-ring (bicyclic) bond motifs is 1. The lowest BCUT2D eigenvalue weighted by molar-refractivity contribution is -0.660. The van der Waals surface area contributed by atoms with Crippen LogP contribution in [0.1, 0.15) is 21.1 Å². The zero-order chi connectivity index (χ0) is 27.9. The number of thioether (sulfide) groups is 1. The van der Waals surface area contributed by atoms with Gasteiger partial charge in [0, 0.05) is 16.7 Å². The Bertz CT molecular complexity index is 1400. The van der Waals surface area contributed by atoms with Crippen LogP contribution >= 0.6 is 34.4 Å². The van der Waals surface area contributed by atoms with Gasteiger partial charge < -0.3 is 31.5 Å². The van der Waals surface area contributed by atoms with E-state index in [2.05, 4.69) is 15.5 Å². The van der Waals surface area contributed by atoms with E-state index in [1.165, 1.54) is 35.6 Å². The van der Waals surface area contributed by atoms with Gasteiger partial charge in [-0.05, 0) is 18.3 Å². The summed E-state index contributed by atoms with van der Waals surface area (Å²) in [7, 11) is 4.78. The highest BCUT2D eigenvalue weighted by Gasteiger charge is 2.53. The largest absolute Gasteiger partial charge is 0.543 e. The average molecular weight is 581 g/mol. The van der Waals surface area contributed by atoms with Crippen LogP contribution in [-0.4, -0.2) is 77.2 Å². The van der Waals surface area contributed by atoms with Crippen molar-refractivity contribution in [3.63, 3.8) is 0 Å². The van der Waals surface area contributed by atoms with Gasteiger partial charge in [-0.15, -0.1) is 23.1 Å². The number of anilines is 2. The third kappa shape index (κ3) is 4.79. The molecule has 4 heterocycles. The van der Waals surface area contributed by atoms with Crippen LogP contribution in [0, 0.1) is 6.92 Å². The fourth-order valence-corrected chi connectivity index (χ4v) is 7.09. The molecule has 1 saturated heterocycles. The number of primary amides is 1. The number of aliphatic carboxylic acids is 1. The van der Waals surface area contributed by atoms with Crippen LogP contribution < -0.4 is 31.4 Å². The number of carbonyl (C=O) groups is 4. The van der Waals surface area contributed by atoms with Gasteiger partial charge in [0.1, 0.15) is 41.3 Å². The summed E-state index contributed by atoms with van der Waals surface area (Å²) in [5, 5.41) is 20.2. The minimum Gasteiger partial charge on any atom is -0.543 e.